The fourth-order valence-corrected chi connectivity index (χ4v) is 2.76. The minimum Gasteiger partial charge on any atom is -0.493 e. The molecule has 0 bridgehead atoms. The molecule has 0 radical (unpaired) electrons. The van der Waals surface area contributed by atoms with E-state index in [1.54, 1.807) is 21.3 Å². The van der Waals surface area contributed by atoms with Crippen LogP contribution in [0.3, 0.4) is 0 Å². The lowest BCUT2D eigenvalue weighted by Crippen LogP contribution is -2.32. The molecule has 106 valence electrons. The molecule has 1 aliphatic carbocycles. The van der Waals surface area contributed by atoms with Gasteiger partial charge in [-0.2, -0.15) is 0 Å². The molecule has 1 atom stereocenters. The van der Waals surface area contributed by atoms with Gasteiger partial charge in [0.05, 0.1) is 20.8 Å². The number of methoxy groups -OCH3 is 3. The highest BCUT2D eigenvalue weighted by molar-refractivity contribution is 5.52. The van der Waals surface area contributed by atoms with Gasteiger partial charge in [-0.05, 0) is 43.0 Å². The standard InChI is InChI=1S/C15H23NO3/c1-10(16)15(5-6-15)12-8-14(19-4)13(18-3)7-11(12)9-17-2/h7-8,10H,5-6,9,16H2,1-4H3. The van der Waals surface area contributed by atoms with Crippen LogP contribution in [0.2, 0.25) is 0 Å². The van der Waals surface area contributed by atoms with Gasteiger partial charge in [0.25, 0.3) is 0 Å². The lowest BCUT2D eigenvalue weighted by atomic mass is 9.86. The Hall–Kier alpha value is -1.26. The SMILES string of the molecule is COCc1cc(OC)c(OC)cc1C1(C(C)N)CC1. The second-order valence-corrected chi connectivity index (χ2v) is 5.24. The smallest absolute Gasteiger partial charge is 0.161 e. The molecule has 1 fully saturated rings. The largest absolute Gasteiger partial charge is 0.493 e. The third-order valence-corrected chi connectivity index (χ3v) is 4.11. The van der Waals surface area contributed by atoms with Crippen LogP contribution in [0.15, 0.2) is 12.1 Å². The third-order valence-electron chi connectivity index (χ3n) is 4.11. The fourth-order valence-electron chi connectivity index (χ4n) is 2.76. The summed E-state index contributed by atoms with van der Waals surface area (Å²) in [5.74, 6) is 1.49. The van der Waals surface area contributed by atoms with Gasteiger partial charge in [0.1, 0.15) is 0 Å². The summed E-state index contributed by atoms with van der Waals surface area (Å²) in [5.41, 5.74) is 8.63. The molecular weight excluding hydrogens is 242 g/mol. The first kappa shape index (κ1) is 14.2. The summed E-state index contributed by atoms with van der Waals surface area (Å²) < 4.78 is 16.1. The van der Waals surface area contributed by atoms with Gasteiger partial charge in [-0.15, -0.1) is 0 Å². The minimum atomic E-state index is 0.0768. The van der Waals surface area contributed by atoms with E-state index < -0.39 is 0 Å². The monoisotopic (exact) mass is 265 g/mol. The highest BCUT2D eigenvalue weighted by Crippen LogP contribution is 2.53. The molecule has 4 heteroatoms. The van der Waals surface area contributed by atoms with Crippen molar-refractivity contribution in [2.45, 2.75) is 37.8 Å². The number of benzene rings is 1. The van der Waals surface area contributed by atoms with Crippen LogP contribution in [0.25, 0.3) is 0 Å². The Morgan fingerprint density at radius 3 is 2.16 bits per heavy atom. The Bertz CT molecular complexity index is 453. The van der Waals surface area contributed by atoms with Crippen molar-refractivity contribution >= 4 is 0 Å². The normalized spacial score (nSPS) is 17.9. The summed E-state index contributed by atoms with van der Waals surface area (Å²) in [6.45, 7) is 2.63. The van der Waals surface area contributed by atoms with Crippen molar-refractivity contribution in [3.05, 3.63) is 23.3 Å². The van der Waals surface area contributed by atoms with E-state index in [2.05, 4.69) is 13.0 Å². The van der Waals surface area contributed by atoms with Crippen LogP contribution in [0, 0.1) is 0 Å². The van der Waals surface area contributed by atoms with Crippen molar-refractivity contribution in [2.24, 2.45) is 5.73 Å². The molecule has 0 aliphatic heterocycles. The number of rotatable bonds is 6. The summed E-state index contributed by atoms with van der Waals surface area (Å²) in [6, 6.07) is 4.19. The lowest BCUT2D eigenvalue weighted by Gasteiger charge is -2.24. The fraction of sp³-hybridized carbons (Fsp3) is 0.600. The Labute approximate surface area is 114 Å². The van der Waals surface area contributed by atoms with Gasteiger partial charge in [-0.25, -0.2) is 0 Å². The zero-order valence-electron chi connectivity index (χ0n) is 12.2. The number of nitrogens with two attached hydrogens (primary N) is 1. The average Bonchev–Trinajstić information content (AvgIpc) is 3.20. The molecule has 19 heavy (non-hydrogen) atoms. The van der Waals surface area contributed by atoms with Crippen LogP contribution in [0.5, 0.6) is 11.5 Å². The van der Waals surface area contributed by atoms with Gasteiger partial charge >= 0.3 is 0 Å². The Morgan fingerprint density at radius 1 is 1.16 bits per heavy atom. The summed E-state index contributed by atoms with van der Waals surface area (Å²) in [6.07, 6.45) is 2.24. The first-order valence-electron chi connectivity index (χ1n) is 6.59. The Morgan fingerprint density at radius 2 is 1.74 bits per heavy atom. The van der Waals surface area contributed by atoms with Crippen LogP contribution >= 0.6 is 0 Å². The van der Waals surface area contributed by atoms with E-state index in [1.807, 2.05) is 6.07 Å². The quantitative estimate of drug-likeness (QED) is 0.857. The molecule has 0 heterocycles. The molecule has 1 aromatic carbocycles. The van der Waals surface area contributed by atoms with E-state index >= 15 is 0 Å². The maximum atomic E-state index is 6.18. The van der Waals surface area contributed by atoms with Crippen molar-refractivity contribution in [3.63, 3.8) is 0 Å². The molecule has 0 amide bonds. The van der Waals surface area contributed by atoms with Crippen LogP contribution in [-0.4, -0.2) is 27.4 Å². The predicted molar refractivity (Wildman–Crippen MR) is 74.8 cm³/mol. The van der Waals surface area contributed by atoms with Crippen molar-refractivity contribution in [2.75, 3.05) is 21.3 Å². The minimum absolute atomic E-state index is 0.0768. The van der Waals surface area contributed by atoms with Crippen LogP contribution < -0.4 is 15.2 Å². The molecule has 0 saturated heterocycles. The maximum Gasteiger partial charge on any atom is 0.161 e. The number of hydrogen-bond acceptors (Lipinski definition) is 4. The van der Waals surface area contributed by atoms with Gasteiger partial charge in [-0.3, -0.25) is 0 Å². The molecule has 1 unspecified atom stereocenters. The molecular formula is C15H23NO3. The van der Waals surface area contributed by atoms with Crippen molar-refractivity contribution < 1.29 is 14.2 Å². The second kappa shape index (κ2) is 5.39. The molecule has 4 nitrogen and oxygen atoms in total. The first-order chi connectivity index (χ1) is 9.08. The molecule has 2 rings (SSSR count). The van der Waals surface area contributed by atoms with E-state index in [0.717, 1.165) is 29.9 Å². The highest BCUT2D eigenvalue weighted by atomic mass is 16.5. The molecule has 0 spiro atoms. The molecule has 1 saturated carbocycles. The van der Waals surface area contributed by atoms with Crippen molar-refractivity contribution in [1.29, 1.82) is 0 Å². The average molecular weight is 265 g/mol. The molecule has 0 aromatic heterocycles. The third kappa shape index (κ3) is 2.42. The summed E-state index contributed by atoms with van der Waals surface area (Å²) in [4.78, 5) is 0. The Balaban J connectivity index is 2.51. The molecule has 1 aliphatic rings. The summed E-state index contributed by atoms with van der Waals surface area (Å²) in [7, 11) is 5.00. The summed E-state index contributed by atoms with van der Waals surface area (Å²) in [5, 5.41) is 0. The molecule has 1 aromatic rings. The number of ether oxygens (including phenoxy) is 3. The predicted octanol–water partition coefficient (Wildman–Crippen LogP) is 2.23. The number of hydrogen-bond donors (Lipinski definition) is 1. The highest BCUT2D eigenvalue weighted by Gasteiger charge is 2.48. The van der Waals surface area contributed by atoms with E-state index in [-0.39, 0.29) is 11.5 Å². The Kier molecular flexibility index (Phi) is 4.02. The first-order valence-corrected chi connectivity index (χ1v) is 6.59. The van der Waals surface area contributed by atoms with Gasteiger partial charge < -0.3 is 19.9 Å². The van der Waals surface area contributed by atoms with E-state index in [0.29, 0.717) is 6.61 Å². The van der Waals surface area contributed by atoms with E-state index in [9.17, 15) is 0 Å². The van der Waals surface area contributed by atoms with Crippen LogP contribution in [0.1, 0.15) is 30.9 Å². The van der Waals surface area contributed by atoms with Crippen LogP contribution in [0.4, 0.5) is 0 Å². The van der Waals surface area contributed by atoms with E-state index in [4.69, 9.17) is 19.9 Å². The zero-order valence-corrected chi connectivity index (χ0v) is 12.2. The van der Waals surface area contributed by atoms with E-state index in [1.165, 1.54) is 5.56 Å². The van der Waals surface area contributed by atoms with Crippen molar-refractivity contribution in [3.8, 4) is 11.5 Å². The zero-order chi connectivity index (χ0) is 14.0. The van der Waals surface area contributed by atoms with Crippen molar-refractivity contribution in [1.82, 2.24) is 0 Å². The summed E-state index contributed by atoms with van der Waals surface area (Å²) >= 11 is 0. The van der Waals surface area contributed by atoms with Gasteiger partial charge in [-0.1, -0.05) is 0 Å². The lowest BCUT2D eigenvalue weighted by molar-refractivity contribution is 0.183. The topological polar surface area (TPSA) is 53.7 Å². The maximum absolute atomic E-state index is 6.18. The van der Waals surface area contributed by atoms with Gasteiger partial charge in [0, 0.05) is 18.6 Å². The van der Waals surface area contributed by atoms with Gasteiger partial charge in [0.15, 0.2) is 11.5 Å². The van der Waals surface area contributed by atoms with Crippen LogP contribution in [-0.2, 0) is 16.8 Å². The van der Waals surface area contributed by atoms with Gasteiger partial charge in [0.2, 0.25) is 0 Å². The second-order valence-electron chi connectivity index (χ2n) is 5.24. The molecule has 2 N–H and O–H groups in total.